The van der Waals surface area contributed by atoms with Gasteiger partial charge in [0.05, 0.1) is 24.4 Å². The van der Waals surface area contributed by atoms with Gasteiger partial charge in [0.15, 0.2) is 0 Å². The molecule has 0 bridgehead atoms. The summed E-state index contributed by atoms with van der Waals surface area (Å²) in [6.07, 6.45) is -2.94. The van der Waals surface area contributed by atoms with Gasteiger partial charge in [-0.05, 0) is 31.5 Å². The number of carboxylic acids is 2. The van der Waals surface area contributed by atoms with Crippen LogP contribution in [0.5, 0.6) is 0 Å². The van der Waals surface area contributed by atoms with Crippen molar-refractivity contribution >= 4 is 17.8 Å². The smallest absolute Gasteiger partial charge is 0.475 e. The number of piperidine rings is 1. The Morgan fingerprint density at radius 1 is 1.20 bits per heavy atom. The number of alkyl halides is 6. The summed E-state index contributed by atoms with van der Waals surface area (Å²) in [5, 5.41) is 30.9. The van der Waals surface area contributed by atoms with Gasteiger partial charge in [-0.2, -0.15) is 36.7 Å². The van der Waals surface area contributed by atoms with Crippen molar-refractivity contribution in [2.24, 2.45) is 7.05 Å². The second-order valence-electron chi connectivity index (χ2n) is 9.00. The van der Waals surface area contributed by atoms with E-state index in [2.05, 4.69) is 32.6 Å². The first-order valence-electron chi connectivity index (χ1n) is 11.6. The maximum Gasteiger partial charge on any atom is 0.490 e. The molecule has 2 atom stereocenters. The highest BCUT2D eigenvalue weighted by Gasteiger charge is 2.43. The molecule has 0 radical (unpaired) electrons. The van der Waals surface area contributed by atoms with Crippen LogP contribution in [0.25, 0.3) is 0 Å². The lowest BCUT2D eigenvalue weighted by Crippen LogP contribution is -2.47. The lowest BCUT2D eigenvalue weighted by Gasteiger charge is -2.39. The molecule has 2 aliphatic rings. The molecule has 0 aromatic carbocycles. The number of hydrogen-bond donors (Lipinski definition) is 3. The summed E-state index contributed by atoms with van der Waals surface area (Å²) in [5.74, 6) is -4.77. The number of carbonyl (C=O) groups is 2. The minimum absolute atomic E-state index is 0.0784. The van der Waals surface area contributed by atoms with Crippen molar-refractivity contribution in [2.45, 2.75) is 49.8 Å². The van der Waals surface area contributed by atoms with Crippen LogP contribution in [0.15, 0.2) is 30.6 Å². The number of anilines is 1. The highest BCUT2D eigenvalue weighted by atomic mass is 19.4. The van der Waals surface area contributed by atoms with Gasteiger partial charge in [0, 0.05) is 38.3 Å². The number of nitrogens with one attached hydrogen (secondary N) is 1. The number of likely N-dealkylation sites (tertiary alicyclic amines) is 1. The van der Waals surface area contributed by atoms with Crippen LogP contribution in [0.3, 0.4) is 0 Å². The molecule has 0 aliphatic carbocycles. The van der Waals surface area contributed by atoms with Gasteiger partial charge in [-0.1, -0.05) is 6.07 Å². The average Bonchev–Trinajstić information content (AvgIpc) is 3.44. The lowest BCUT2D eigenvalue weighted by atomic mass is 9.88. The SMILES string of the molecule is Cn1cc(CN2CCCC3(CC(Nc4cccc(C#N)n4)CO3)C2)cn1.O=C(O)C(F)(F)F.O=C(O)C(F)(F)F. The molecule has 220 valence electrons. The van der Waals surface area contributed by atoms with Gasteiger partial charge in [-0.25, -0.2) is 14.6 Å². The Hall–Kier alpha value is -3.91. The number of aromatic nitrogens is 3. The van der Waals surface area contributed by atoms with E-state index in [1.54, 1.807) is 6.07 Å². The second-order valence-corrected chi connectivity index (χ2v) is 9.00. The predicted octanol–water partition coefficient (Wildman–Crippen LogP) is 3.19. The van der Waals surface area contributed by atoms with Crippen LogP contribution in [-0.4, -0.2) is 85.5 Å². The molecule has 2 aliphatic heterocycles. The maximum absolute atomic E-state index is 10.6. The number of carboxylic acid groups (broad SMARTS) is 2. The third-order valence-electron chi connectivity index (χ3n) is 5.69. The van der Waals surface area contributed by atoms with Crippen molar-refractivity contribution in [3.05, 3.63) is 41.9 Å². The Bertz CT molecular complexity index is 1170. The summed E-state index contributed by atoms with van der Waals surface area (Å²) >= 11 is 0. The third-order valence-corrected chi connectivity index (χ3v) is 5.69. The fraction of sp³-hybridized carbons (Fsp3) is 0.522. The molecule has 2 saturated heterocycles. The molecule has 2 fully saturated rings. The molecule has 2 unspecified atom stereocenters. The van der Waals surface area contributed by atoms with Crippen molar-refractivity contribution < 1.29 is 50.9 Å². The van der Waals surface area contributed by atoms with E-state index < -0.39 is 24.3 Å². The zero-order chi connectivity index (χ0) is 30.1. The van der Waals surface area contributed by atoms with Gasteiger partial charge in [0.1, 0.15) is 17.6 Å². The highest BCUT2D eigenvalue weighted by Crippen LogP contribution is 2.36. The predicted molar refractivity (Wildman–Crippen MR) is 125 cm³/mol. The van der Waals surface area contributed by atoms with Gasteiger partial charge < -0.3 is 20.3 Å². The first kappa shape index (κ1) is 32.3. The zero-order valence-electron chi connectivity index (χ0n) is 21.0. The minimum Gasteiger partial charge on any atom is -0.475 e. The number of nitriles is 1. The van der Waals surface area contributed by atoms with E-state index in [0.29, 0.717) is 12.3 Å². The average molecular weight is 580 g/mol. The fourth-order valence-electron chi connectivity index (χ4n) is 4.15. The molecule has 17 heteroatoms. The molecule has 2 aromatic heterocycles. The van der Waals surface area contributed by atoms with Crippen molar-refractivity contribution in [3.8, 4) is 6.07 Å². The number of nitrogens with zero attached hydrogens (tertiary/aromatic N) is 5. The number of ether oxygens (including phenoxy) is 1. The molecular formula is C23H26F6N6O5. The Morgan fingerprint density at radius 3 is 2.35 bits per heavy atom. The number of halogens is 6. The van der Waals surface area contributed by atoms with Crippen LogP contribution >= 0.6 is 0 Å². The molecule has 4 heterocycles. The van der Waals surface area contributed by atoms with Crippen LogP contribution in [0.4, 0.5) is 32.2 Å². The molecule has 2 aromatic rings. The van der Waals surface area contributed by atoms with Crippen LogP contribution in [0, 0.1) is 11.3 Å². The molecule has 0 amide bonds. The summed E-state index contributed by atoms with van der Waals surface area (Å²) < 4.78 is 71.6. The zero-order valence-corrected chi connectivity index (χ0v) is 21.0. The van der Waals surface area contributed by atoms with Gasteiger partial charge in [0.2, 0.25) is 0 Å². The first-order valence-corrected chi connectivity index (χ1v) is 11.6. The van der Waals surface area contributed by atoms with Crippen LogP contribution in [0.1, 0.15) is 30.5 Å². The van der Waals surface area contributed by atoms with E-state index in [1.807, 2.05) is 30.1 Å². The van der Waals surface area contributed by atoms with Gasteiger partial charge >= 0.3 is 24.3 Å². The summed E-state index contributed by atoms with van der Waals surface area (Å²) in [4.78, 5) is 24.6. The third kappa shape index (κ3) is 10.3. The van der Waals surface area contributed by atoms with Crippen LogP contribution in [-0.2, 0) is 27.9 Å². The monoisotopic (exact) mass is 580 g/mol. The van der Waals surface area contributed by atoms with Crippen molar-refractivity contribution in [2.75, 3.05) is 25.0 Å². The fourth-order valence-corrected chi connectivity index (χ4v) is 4.15. The lowest BCUT2D eigenvalue weighted by molar-refractivity contribution is -0.193. The summed E-state index contributed by atoms with van der Waals surface area (Å²) in [6.45, 7) is 3.65. The van der Waals surface area contributed by atoms with Crippen molar-refractivity contribution in [1.82, 2.24) is 19.7 Å². The van der Waals surface area contributed by atoms with Crippen molar-refractivity contribution in [3.63, 3.8) is 0 Å². The van der Waals surface area contributed by atoms with E-state index in [9.17, 15) is 26.3 Å². The standard InChI is InChI=1S/C19H24N6O.2C2HF3O2/c1-24-11-15(10-21-24)12-25-7-3-6-19(14-25)8-17(13-26-19)23-18-5-2-4-16(9-20)22-18;2*3-2(4,5)1(6)7/h2,4-5,10-11,17H,3,6-8,12-14H2,1H3,(H,22,23);2*(H,6,7). The van der Waals surface area contributed by atoms with Crippen molar-refractivity contribution in [1.29, 1.82) is 5.26 Å². The Balaban J connectivity index is 0.000000333. The number of rotatable bonds is 4. The Labute approximate surface area is 224 Å². The van der Waals surface area contributed by atoms with E-state index in [0.717, 1.165) is 44.7 Å². The van der Waals surface area contributed by atoms with Gasteiger partial charge in [0.25, 0.3) is 0 Å². The summed E-state index contributed by atoms with van der Waals surface area (Å²) in [6, 6.07) is 7.79. The summed E-state index contributed by atoms with van der Waals surface area (Å²) in [5.41, 5.74) is 1.60. The number of pyridine rings is 1. The van der Waals surface area contributed by atoms with E-state index >= 15 is 0 Å². The number of aryl methyl sites for hydroxylation is 1. The Morgan fingerprint density at radius 2 is 1.82 bits per heavy atom. The van der Waals surface area contributed by atoms with Gasteiger partial charge in [-0.3, -0.25) is 9.58 Å². The number of aliphatic carboxylic acids is 2. The molecule has 40 heavy (non-hydrogen) atoms. The Kier molecular flexibility index (Phi) is 10.9. The molecule has 11 nitrogen and oxygen atoms in total. The van der Waals surface area contributed by atoms with E-state index in [1.165, 1.54) is 5.56 Å². The molecule has 1 spiro atoms. The second kappa shape index (κ2) is 13.4. The van der Waals surface area contributed by atoms with E-state index in [-0.39, 0.29) is 11.6 Å². The number of hydrogen-bond acceptors (Lipinski definition) is 8. The molecule has 0 saturated carbocycles. The molecule has 3 N–H and O–H groups in total. The van der Waals surface area contributed by atoms with Gasteiger partial charge in [-0.15, -0.1) is 0 Å². The first-order chi connectivity index (χ1) is 18.5. The summed E-state index contributed by atoms with van der Waals surface area (Å²) in [7, 11) is 1.95. The minimum atomic E-state index is -5.08. The van der Waals surface area contributed by atoms with E-state index in [4.69, 9.17) is 29.8 Å². The maximum atomic E-state index is 10.6. The highest BCUT2D eigenvalue weighted by molar-refractivity contribution is 5.73. The molecular weight excluding hydrogens is 554 g/mol. The molecule has 4 rings (SSSR count). The quantitative estimate of drug-likeness (QED) is 0.460. The topological polar surface area (TPSA) is 154 Å². The van der Waals surface area contributed by atoms with Crippen LogP contribution < -0.4 is 5.32 Å². The largest absolute Gasteiger partial charge is 0.490 e. The van der Waals surface area contributed by atoms with Crippen LogP contribution in [0.2, 0.25) is 0 Å². The normalized spacial score (nSPS) is 20.9.